The lowest BCUT2D eigenvalue weighted by atomic mass is 9.74. The van der Waals surface area contributed by atoms with Crippen LogP contribution in [-0.4, -0.2) is 43.0 Å². The Kier molecular flexibility index (Phi) is 5.40. The fourth-order valence-corrected chi connectivity index (χ4v) is 3.66. The summed E-state index contributed by atoms with van der Waals surface area (Å²) in [5, 5.41) is 0. The van der Waals surface area contributed by atoms with Crippen molar-refractivity contribution in [2.75, 3.05) is 26.2 Å². The van der Waals surface area contributed by atoms with Gasteiger partial charge < -0.3 is 9.64 Å². The third-order valence-corrected chi connectivity index (χ3v) is 4.81. The number of ketones is 1. The number of Topliss-reactive ketones (excluding diaryl/α,β-unsaturated/α-hetero) is 1. The van der Waals surface area contributed by atoms with Crippen LogP contribution in [0.25, 0.3) is 0 Å². The number of rotatable bonds is 5. The van der Waals surface area contributed by atoms with E-state index in [1.807, 2.05) is 0 Å². The van der Waals surface area contributed by atoms with Crippen molar-refractivity contribution < 1.29 is 9.53 Å². The zero-order valence-electron chi connectivity index (χ0n) is 12.7. The summed E-state index contributed by atoms with van der Waals surface area (Å²) >= 11 is 0. The summed E-state index contributed by atoms with van der Waals surface area (Å²) < 4.78 is 5.72. The summed E-state index contributed by atoms with van der Waals surface area (Å²) in [5.41, 5.74) is 0. The van der Waals surface area contributed by atoms with Gasteiger partial charge in [-0.25, -0.2) is 0 Å². The van der Waals surface area contributed by atoms with Gasteiger partial charge >= 0.3 is 0 Å². The lowest BCUT2D eigenvalue weighted by Crippen LogP contribution is -2.42. The maximum absolute atomic E-state index is 12.2. The average Bonchev–Trinajstić information content (AvgIpc) is 2.84. The molecule has 2 fully saturated rings. The Morgan fingerprint density at radius 1 is 1.32 bits per heavy atom. The fraction of sp³-hybridized carbons (Fsp3) is 0.938. The van der Waals surface area contributed by atoms with Crippen LogP contribution >= 0.6 is 0 Å². The maximum atomic E-state index is 12.2. The first-order valence-corrected chi connectivity index (χ1v) is 7.96. The van der Waals surface area contributed by atoms with Crippen molar-refractivity contribution in [3.63, 3.8) is 0 Å². The van der Waals surface area contributed by atoms with Crippen molar-refractivity contribution in [1.29, 1.82) is 0 Å². The summed E-state index contributed by atoms with van der Waals surface area (Å²) in [5.74, 6) is 1.84. The minimum absolute atomic E-state index is 0.248. The topological polar surface area (TPSA) is 29.5 Å². The van der Waals surface area contributed by atoms with E-state index in [0.29, 0.717) is 23.7 Å². The molecule has 3 heteroatoms. The molecule has 0 aromatic heterocycles. The van der Waals surface area contributed by atoms with Gasteiger partial charge in [-0.3, -0.25) is 4.79 Å². The molecule has 19 heavy (non-hydrogen) atoms. The van der Waals surface area contributed by atoms with Gasteiger partial charge in [-0.2, -0.15) is 0 Å². The highest BCUT2D eigenvalue weighted by atomic mass is 16.5. The number of ether oxygens (including phenoxy) is 1. The standard InChI is InChI=1S/C16H29NO2/c1-4-17(10-14-6-5-7-19-14)11-15-13(3)8-12(2)9-16(15)18/h12-15H,4-11H2,1-3H3. The van der Waals surface area contributed by atoms with E-state index in [9.17, 15) is 4.79 Å². The highest BCUT2D eigenvalue weighted by Crippen LogP contribution is 2.31. The molecule has 0 bridgehead atoms. The van der Waals surface area contributed by atoms with E-state index in [-0.39, 0.29) is 5.92 Å². The maximum Gasteiger partial charge on any atom is 0.137 e. The number of carbonyl (C=O) groups excluding carboxylic acids is 1. The van der Waals surface area contributed by atoms with E-state index in [1.54, 1.807) is 0 Å². The van der Waals surface area contributed by atoms with Crippen LogP contribution in [0.5, 0.6) is 0 Å². The summed E-state index contributed by atoms with van der Waals surface area (Å²) in [6, 6.07) is 0. The third-order valence-electron chi connectivity index (χ3n) is 4.81. The molecule has 1 aliphatic heterocycles. The van der Waals surface area contributed by atoms with E-state index in [1.165, 1.54) is 19.3 Å². The first-order chi connectivity index (χ1) is 9.10. The SMILES string of the molecule is CCN(CC1CCCO1)CC1C(=O)CC(C)CC1C. The van der Waals surface area contributed by atoms with Gasteiger partial charge in [0, 0.05) is 32.0 Å². The normalized spacial score (nSPS) is 36.1. The molecule has 0 radical (unpaired) electrons. The Balaban J connectivity index is 1.87. The van der Waals surface area contributed by atoms with Crippen LogP contribution in [0.15, 0.2) is 0 Å². The predicted molar refractivity (Wildman–Crippen MR) is 77.1 cm³/mol. The molecule has 2 rings (SSSR count). The lowest BCUT2D eigenvalue weighted by Gasteiger charge is -2.35. The number of nitrogens with zero attached hydrogens (tertiary/aromatic N) is 1. The molecule has 1 heterocycles. The quantitative estimate of drug-likeness (QED) is 0.767. The van der Waals surface area contributed by atoms with Gasteiger partial charge in [-0.15, -0.1) is 0 Å². The molecule has 4 unspecified atom stereocenters. The predicted octanol–water partition coefficient (Wildman–Crippen LogP) is 2.74. The second-order valence-corrected chi connectivity index (χ2v) is 6.58. The van der Waals surface area contributed by atoms with Gasteiger partial charge in [-0.1, -0.05) is 20.8 Å². The Labute approximate surface area is 117 Å². The second kappa shape index (κ2) is 6.85. The van der Waals surface area contributed by atoms with Gasteiger partial charge in [0.1, 0.15) is 5.78 Å². The van der Waals surface area contributed by atoms with Crippen molar-refractivity contribution in [3.8, 4) is 0 Å². The van der Waals surface area contributed by atoms with Crippen LogP contribution in [0, 0.1) is 17.8 Å². The molecule has 0 N–H and O–H groups in total. The van der Waals surface area contributed by atoms with E-state index < -0.39 is 0 Å². The second-order valence-electron chi connectivity index (χ2n) is 6.58. The summed E-state index contributed by atoms with van der Waals surface area (Å²) in [6.45, 7) is 10.5. The van der Waals surface area contributed by atoms with E-state index in [4.69, 9.17) is 4.74 Å². The van der Waals surface area contributed by atoms with Gasteiger partial charge in [0.05, 0.1) is 6.10 Å². The van der Waals surface area contributed by atoms with Crippen molar-refractivity contribution in [2.45, 2.75) is 52.6 Å². The Hall–Kier alpha value is -0.410. The number of likely N-dealkylation sites (N-methyl/N-ethyl adjacent to an activating group) is 1. The molecule has 0 aromatic carbocycles. The molecular weight excluding hydrogens is 238 g/mol. The summed E-state index contributed by atoms with van der Waals surface area (Å²) in [7, 11) is 0. The van der Waals surface area contributed by atoms with Crippen molar-refractivity contribution in [2.24, 2.45) is 17.8 Å². The van der Waals surface area contributed by atoms with Crippen LogP contribution in [0.4, 0.5) is 0 Å². The number of hydrogen-bond donors (Lipinski definition) is 0. The van der Waals surface area contributed by atoms with E-state index >= 15 is 0 Å². The largest absolute Gasteiger partial charge is 0.377 e. The molecule has 3 nitrogen and oxygen atoms in total. The monoisotopic (exact) mass is 267 g/mol. The highest BCUT2D eigenvalue weighted by Gasteiger charge is 2.33. The molecule has 1 saturated carbocycles. The van der Waals surface area contributed by atoms with Gasteiger partial charge in [0.15, 0.2) is 0 Å². The van der Waals surface area contributed by atoms with E-state index in [0.717, 1.165) is 32.7 Å². The third kappa shape index (κ3) is 4.03. The average molecular weight is 267 g/mol. The van der Waals surface area contributed by atoms with Gasteiger partial charge in [0.2, 0.25) is 0 Å². The number of carbonyl (C=O) groups is 1. The zero-order chi connectivity index (χ0) is 13.8. The minimum atomic E-state index is 0.248. The van der Waals surface area contributed by atoms with Crippen LogP contribution in [0.2, 0.25) is 0 Å². The van der Waals surface area contributed by atoms with Crippen molar-refractivity contribution >= 4 is 5.78 Å². The smallest absolute Gasteiger partial charge is 0.137 e. The lowest BCUT2D eigenvalue weighted by molar-refractivity contribution is -0.128. The Morgan fingerprint density at radius 2 is 2.11 bits per heavy atom. The van der Waals surface area contributed by atoms with Crippen LogP contribution in [0.1, 0.15) is 46.5 Å². The molecule has 0 amide bonds. The summed E-state index contributed by atoms with van der Waals surface area (Å²) in [6.07, 6.45) is 4.76. The summed E-state index contributed by atoms with van der Waals surface area (Å²) in [4.78, 5) is 14.7. The van der Waals surface area contributed by atoms with Crippen LogP contribution in [0.3, 0.4) is 0 Å². The first kappa shape index (κ1) is 15.0. The molecule has 110 valence electrons. The minimum Gasteiger partial charge on any atom is -0.377 e. The molecule has 0 aromatic rings. The Bertz CT molecular complexity index is 299. The molecular formula is C16H29NO2. The molecule has 0 spiro atoms. The zero-order valence-corrected chi connectivity index (χ0v) is 12.7. The van der Waals surface area contributed by atoms with E-state index in [2.05, 4.69) is 25.7 Å². The molecule has 4 atom stereocenters. The molecule has 1 aliphatic carbocycles. The number of hydrogen-bond acceptors (Lipinski definition) is 3. The molecule has 2 aliphatic rings. The van der Waals surface area contributed by atoms with Crippen LogP contribution in [-0.2, 0) is 9.53 Å². The highest BCUT2D eigenvalue weighted by molar-refractivity contribution is 5.82. The molecule has 1 saturated heterocycles. The van der Waals surface area contributed by atoms with Crippen molar-refractivity contribution in [3.05, 3.63) is 0 Å². The van der Waals surface area contributed by atoms with Crippen molar-refractivity contribution in [1.82, 2.24) is 4.90 Å². The van der Waals surface area contributed by atoms with Crippen LogP contribution < -0.4 is 0 Å². The first-order valence-electron chi connectivity index (χ1n) is 7.96. The fourth-order valence-electron chi connectivity index (χ4n) is 3.66. The van der Waals surface area contributed by atoms with Gasteiger partial charge in [0.25, 0.3) is 0 Å². The Morgan fingerprint density at radius 3 is 2.68 bits per heavy atom. The van der Waals surface area contributed by atoms with Gasteiger partial charge in [-0.05, 0) is 37.6 Å².